The molecule has 4 aromatic carbocycles. The average molecular weight is 469 g/mol. The van der Waals surface area contributed by atoms with E-state index in [9.17, 15) is 5.11 Å². The van der Waals surface area contributed by atoms with Gasteiger partial charge in [-0.1, -0.05) is 103 Å². The molecule has 0 bridgehead atoms. The second-order valence-corrected chi connectivity index (χ2v) is 8.43. The Kier molecular flexibility index (Phi) is 8.68. The lowest BCUT2D eigenvalue weighted by atomic mass is 9.80. The Bertz CT molecular complexity index is 1030. The number of hydrogen-bond donors (Lipinski definition) is 1. The van der Waals surface area contributed by atoms with Crippen molar-refractivity contribution < 1.29 is 19.3 Å². The molecule has 0 saturated heterocycles. The first kappa shape index (κ1) is 24.7. The highest BCUT2D eigenvalue weighted by molar-refractivity contribution is 5.47. The summed E-state index contributed by atoms with van der Waals surface area (Å²) in [5, 5.41) is 10.8. The van der Waals surface area contributed by atoms with Crippen LogP contribution in [0.4, 0.5) is 0 Å². The normalized spacial score (nSPS) is 12.3. The van der Waals surface area contributed by atoms with E-state index in [-0.39, 0.29) is 6.61 Å². The van der Waals surface area contributed by atoms with Crippen molar-refractivity contribution in [3.63, 3.8) is 0 Å². The molecule has 35 heavy (non-hydrogen) atoms. The van der Waals surface area contributed by atoms with E-state index in [2.05, 4.69) is 36.4 Å². The fraction of sp³-hybridized carbons (Fsp3) is 0.226. The second kappa shape index (κ2) is 12.3. The van der Waals surface area contributed by atoms with Crippen molar-refractivity contribution in [3.8, 4) is 5.75 Å². The molecule has 0 spiro atoms. The van der Waals surface area contributed by atoms with Gasteiger partial charge in [-0.3, -0.25) is 0 Å². The van der Waals surface area contributed by atoms with Crippen molar-refractivity contribution >= 4 is 0 Å². The zero-order valence-corrected chi connectivity index (χ0v) is 20.0. The van der Waals surface area contributed by atoms with Gasteiger partial charge < -0.3 is 19.3 Å². The van der Waals surface area contributed by atoms with Gasteiger partial charge in [0.15, 0.2) is 0 Å². The average Bonchev–Trinajstić information content (AvgIpc) is 2.93. The molecule has 0 aromatic heterocycles. The zero-order valence-electron chi connectivity index (χ0n) is 20.0. The first-order valence-electron chi connectivity index (χ1n) is 11.9. The highest BCUT2D eigenvalue weighted by atomic mass is 16.5. The number of methoxy groups -OCH3 is 1. The number of benzene rings is 4. The topological polar surface area (TPSA) is 47.9 Å². The third-order valence-electron chi connectivity index (χ3n) is 6.06. The summed E-state index contributed by atoms with van der Waals surface area (Å²) >= 11 is 0. The SMILES string of the molecule is COc1ccc(COCC[C@H](O)COC(c2ccccc2)(c2ccccc2)c2ccccc2)cc1. The Balaban J connectivity index is 1.46. The molecule has 1 N–H and O–H groups in total. The molecule has 0 unspecified atom stereocenters. The quantitative estimate of drug-likeness (QED) is 0.206. The maximum atomic E-state index is 10.8. The predicted molar refractivity (Wildman–Crippen MR) is 138 cm³/mol. The molecule has 0 aliphatic heterocycles. The zero-order chi connectivity index (χ0) is 24.3. The summed E-state index contributed by atoms with van der Waals surface area (Å²) in [5.41, 5.74) is 3.27. The van der Waals surface area contributed by atoms with Crippen LogP contribution in [0.5, 0.6) is 5.75 Å². The van der Waals surface area contributed by atoms with Gasteiger partial charge in [-0.2, -0.15) is 0 Å². The molecule has 0 radical (unpaired) electrons. The van der Waals surface area contributed by atoms with E-state index < -0.39 is 11.7 Å². The number of hydrogen-bond acceptors (Lipinski definition) is 4. The van der Waals surface area contributed by atoms with Gasteiger partial charge in [0.25, 0.3) is 0 Å². The maximum Gasteiger partial charge on any atom is 0.143 e. The van der Waals surface area contributed by atoms with Crippen LogP contribution < -0.4 is 4.74 Å². The van der Waals surface area contributed by atoms with Crippen molar-refractivity contribution in [1.82, 2.24) is 0 Å². The fourth-order valence-corrected chi connectivity index (χ4v) is 4.20. The summed E-state index contributed by atoms with van der Waals surface area (Å²) in [7, 11) is 1.65. The van der Waals surface area contributed by atoms with Gasteiger partial charge in [0.2, 0.25) is 0 Å². The monoisotopic (exact) mass is 468 g/mol. The highest BCUT2D eigenvalue weighted by Crippen LogP contribution is 2.40. The molecule has 4 heteroatoms. The number of aliphatic hydroxyl groups is 1. The summed E-state index contributed by atoms with van der Waals surface area (Å²) in [6, 6.07) is 38.3. The van der Waals surface area contributed by atoms with E-state index in [1.807, 2.05) is 78.9 Å². The van der Waals surface area contributed by atoms with E-state index in [1.165, 1.54) is 0 Å². The molecular formula is C31H32O4. The summed E-state index contributed by atoms with van der Waals surface area (Å²) in [4.78, 5) is 0. The summed E-state index contributed by atoms with van der Waals surface area (Å²) in [6.07, 6.45) is -0.189. The minimum atomic E-state index is -0.839. The fourth-order valence-electron chi connectivity index (χ4n) is 4.20. The van der Waals surface area contributed by atoms with Crippen LogP contribution in [-0.2, 0) is 21.7 Å². The largest absolute Gasteiger partial charge is 0.497 e. The Labute approximate surface area is 207 Å². The van der Waals surface area contributed by atoms with Crippen LogP contribution >= 0.6 is 0 Å². The molecule has 0 amide bonds. The van der Waals surface area contributed by atoms with Gasteiger partial charge in [-0.05, 0) is 40.8 Å². The third kappa shape index (κ3) is 6.17. The number of ether oxygens (including phenoxy) is 3. The van der Waals surface area contributed by atoms with E-state index in [0.717, 1.165) is 28.0 Å². The second-order valence-electron chi connectivity index (χ2n) is 8.43. The molecule has 4 nitrogen and oxygen atoms in total. The van der Waals surface area contributed by atoms with E-state index in [0.29, 0.717) is 19.6 Å². The van der Waals surface area contributed by atoms with Crippen molar-refractivity contribution in [2.45, 2.75) is 24.7 Å². The maximum absolute atomic E-state index is 10.8. The lowest BCUT2D eigenvalue weighted by Crippen LogP contribution is -2.36. The molecule has 0 aliphatic carbocycles. The molecule has 0 fully saturated rings. The van der Waals surface area contributed by atoms with Crippen LogP contribution in [0.2, 0.25) is 0 Å². The Hall–Kier alpha value is -3.44. The van der Waals surface area contributed by atoms with Gasteiger partial charge in [-0.25, -0.2) is 0 Å². The first-order chi connectivity index (χ1) is 17.2. The molecule has 4 aromatic rings. The van der Waals surface area contributed by atoms with Crippen molar-refractivity contribution in [2.75, 3.05) is 20.3 Å². The molecular weight excluding hydrogens is 436 g/mol. The van der Waals surface area contributed by atoms with Gasteiger partial charge in [-0.15, -0.1) is 0 Å². The van der Waals surface area contributed by atoms with Crippen LogP contribution in [0.3, 0.4) is 0 Å². The molecule has 0 aliphatic rings. The van der Waals surface area contributed by atoms with Crippen LogP contribution in [0.1, 0.15) is 28.7 Å². The van der Waals surface area contributed by atoms with Crippen LogP contribution in [0, 0.1) is 0 Å². The lowest BCUT2D eigenvalue weighted by Gasteiger charge is -2.36. The van der Waals surface area contributed by atoms with Gasteiger partial charge in [0.05, 0.1) is 26.4 Å². The smallest absolute Gasteiger partial charge is 0.143 e. The Morgan fingerprint density at radius 1 is 0.686 bits per heavy atom. The Morgan fingerprint density at radius 2 is 1.17 bits per heavy atom. The van der Waals surface area contributed by atoms with Crippen LogP contribution in [-0.4, -0.2) is 31.5 Å². The molecule has 180 valence electrons. The Morgan fingerprint density at radius 3 is 1.63 bits per heavy atom. The number of aliphatic hydroxyl groups excluding tert-OH is 1. The number of rotatable bonds is 12. The summed E-state index contributed by atoms with van der Waals surface area (Å²) < 4.78 is 17.7. The van der Waals surface area contributed by atoms with Gasteiger partial charge in [0, 0.05) is 6.61 Å². The van der Waals surface area contributed by atoms with Crippen molar-refractivity contribution in [2.24, 2.45) is 0 Å². The lowest BCUT2D eigenvalue weighted by molar-refractivity contribution is -0.0474. The van der Waals surface area contributed by atoms with Crippen LogP contribution in [0.25, 0.3) is 0 Å². The minimum Gasteiger partial charge on any atom is -0.497 e. The summed E-state index contributed by atoms with van der Waals surface area (Å²) in [6.45, 7) is 1.09. The molecule has 4 rings (SSSR count). The first-order valence-corrected chi connectivity index (χ1v) is 11.9. The molecule has 0 heterocycles. The molecule has 1 atom stereocenters. The predicted octanol–water partition coefficient (Wildman–Crippen LogP) is 5.97. The standard InChI is InChI=1S/C31H32O4/c1-33-30-19-17-25(18-20-30)23-34-22-21-29(32)24-35-31(26-11-5-2-6-12-26,27-13-7-3-8-14-27)28-15-9-4-10-16-28/h2-20,29,32H,21-24H2,1H3/t29-/m0/s1. The van der Waals surface area contributed by atoms with Crippen molar-refractivity contribution in [3.05, 3.63) is 138 Å². The van der Waals surface area contributed by atoms with E-state index >= 15 is 0 Å². The molecule has 0 saturated carbocycles. The minimum absolute atomic E-state index is 0.171. The van der Waals surface area contributed by atoms with E-state index in [1.54, 1.807) is 7.11 Å². The van der Waals surface area contributed by atoms with Crippen molar-refractivity contribution in [1.29, 1.82) is 0 Å². The van der Waals surface area contributed by atoms with Gasteiger partial charge in [0.1, 0.15) is 11.4 Å². The van der Waals surface area contributed by atoms with Crippen LogP contribution in [0.15, 0.2) is 115 Å². The van der Waals surface area contributed by atoms with E-state index in [4.69, 9.17) is 14.2 Å². The summed E-state index contributed by atoms with van der Waals surface area (Å²) in [5.74, 6) is 0.819. The highest BCUT2D eigenvalue weighted by Gasteiger charge is 2.37. The third-order valence-corrected chi connectivity index (χ3v) is 6.06. The van der Waals surface area contributed by atoms with Gasteiger partial charge >= 0.3 is 0 Å².